The zero-order valence-corrected chi connectivity index (χ0v) is 26.6. The number of fused-ring (bicyclic) bond motifs is 1. The van der Waals surface area contributed by atoms with Crippen molar-refractivity contribution in [1.29, 1.82) is 0 Å². The molecule has 0 aliphatic carbocycles. The van der Waals surface area contributed by atoms with Gasteiger partial charge < -0.3 is 9.47 Å². The highest BCUT2D eigenvalue weighted by atomic mass is 19.1. The van der Waals surface area contributed by atoms with Crippen LogP contribution < -0.4 is 9.47 Å². The van der Waals surface area contributed by atoms with Crippen LogP contribution in [-0.4, -0.2) is 43.0 Å². The summed E-state index contributed by atoms with van der Waals surface area (Å²) in [6.45, 7) is 18.4. The number of likely N-dealkylation sites (tertiary alicyclic amines) is 1. The lowest BCUT2D eigenvalue weighted by Gasteiger charge is -2.22. The third-order valence-corrected chi connectivity index (χ3v) is 8.16. The van der Waals surface area contributed by atoms with Crippen molar-refractivity contribution in [2.24, 2.45) is 0 Å². The van der Waals surface area contributed by atoms with Gasteiger partial charge in [0, 0.05) is 19.0 Å². The first kappa shape index (κ1) is 33.3. The van der Waals surface area contributed by atoms with E-state index in [0.717, 1.165) is 61.3 Å². The van der Waals surface area contributed by atoms with E-state index in [4.69, 9.17) is 9.47 Å². The zero-order chi connectivity index (χ0) is 30.6. The SMILES string of the molecule is C=C/C=C(\C=C(\F)C[C@H]1C[C@@H](c2ccc3c(c2)OCCO3)CN1CC(C)=O)CCC.CCc1cc(C)cc(CC)c1C. The maximum atomic E-state index is 14.9. The molecular formula is C37H50FNO3. The Bertz CT molecular complexity index is 1250. The number of carbonyl (C=O) groups excluding carboxylic acids is 1. The second-order valence-corrected chi connectivity index (χ2v) is 11.6. The van der Waals surface area contributed by atoms with Crippen molar-refractivity contribution in [3.63, 3.8) is 0 Å². The fourth-order valence-electron chi connectivity index (χ4n) is 6.11. The zero-order valence-electron chi connectivity index (χ0n) is 26.6. The first-order chi connectivity index (χ1) is 20.2. The Kier molecular flexibility index (Phi) is 13.1. The number of Topliss-reactive ketones (excluding diaryl/α,β-unsaturated/α-hetero) is 1. The average molecular weight is 576 g/mol. The van der Waals surface area contributed by atoms with Crippen LogP contribution in [0.2, 0.25) is 0 Å². The number of benzene rings is 2. The molecule has 0 spiro atoms. The third-order valence-electron chi connectivity index (χ3n) is 8.16. The normalized spacial score (nSPS) is 18.8. The van der Waals surface area contributed by atoms with Crippen molar-refractivity contribution >= 4 is 5.78 Å². The van der Waals surface area contributed by atoms with Crippen molar-refractivity contribution in [1.82, 2.24) is 4.90 Å². The molecule has 2 atom stereocenters. The maximum Gasteiger partial charge on any atom is 0.161 e. The third kappa shape index (κ3) is 9.42. The molecule has 0 radical (unpaired) electrons. The monoisotopic (exact) mass is 575 g/mol. The summed E-state index contributed by atoms with van der Waals surface area (Å²) >= 11 is 0. The van der Waals surface area contributed by atoms with Gasteiger partial charge in [-0.1, -0.05) is 69.7 Å². The Morgan fingerprint density at radius 2 is 1.71 bits per heavy atom. The Labute approximate surface area is 253 Å². The summed E-state index contributed by atoms with van der Waals surface area (Å²) in [4.78, 5) is 13.9. The highest BCUT2D eigenvalue weighted by Crippen LogP contribution is 2.39. The molecule has 2 aliphatic heterocycles. The number of ketones is 1. The van der Waals surface area contributed by atoms with E-state index < -0.39 is 0 Å². The van der Waals surface area contributed by atoms with Crippen molar-refractivity contribution in [3.05, 3.63) is 94.4 Å². The molecular weight excluding hydrogens is 525 g/mol. The van der Waals surface area contributed by atoms with Gasteiger partial charge in [0.05, 0.1) is 6.54 Å². The lowest BCUT2D eigenvalue weighted by Crippen LogP contribution is -2.33. The van der Waals surface area contributed by atoms with Gasteiger partial charge in [-0.15, -0.1) is 0 Å². The molecule has 42 heavy (non-hydrogen) atoms. The number of ether oxygens (including phenoxy) is 2. The first-order valence-electron chi connectivity index (χ1n) is 15.6. The van der Waals surface area contributed by atoms with Gasteiger partial charge in [-0.2, -0.15) is 0 Å². The van der Waals surface area contributed by atoms with E-state index in [0.29, 0.717) is 26.2 Å². The van der Waals surface area contributed by atoms with Gasteiger partial charge >= 0.3 is 0 Å². The first-order valence-corrected chi connectivity index (χ1v) is 15.6. The predicted octanol–water partition coefficient (Wildman–Crippen LogP) is 8.79. The molecule has 228 valence electrons. The van der Waals surface area contributed by atoms with E-state index >= 15 is 0 Å². The molecule has 2 aromatic carbocycles. The molecule has 0 unspecified atom stereocenters. The van der Waals surface area contributed by atoms with Crippen LogP contribution in [0.1, 0.15) is 87.1 Å². The van der Waals surface area contributed by atoms with Gasteiger partial charge in [-0.3, -0.25) is 9.69 Å². The molecule has 0 N–H and O–H groups in total. The van der Waals surface area contributed by atoms with Gasteiger partial charge in [-0.25, -0.2) is 4.39 Å². The molecule has 0 bridgehead atoms. The average Bonchev–Trinajstić information content (AvgIpc) is 3.35. The highest BCUT2D eigenvalue weighted by molar-refractivity contribution is 5.77. The minimum atomic E-state index is -0.141. The molecule has 0 aromatic heterocycles. The van der Waals surface area contributed by atoms with Crippen LogP contribution in [0.5, 0.6) is 11.5 Å². The second-order valence-electron chi connectivity index (χ2n) is 11.6. The molecule has 0 saturated carbocycles. The number of halogens is 1. The number of allylic oxidation sites excluding steroid dienone is 4. The number of aryl methyl sites for hydroxylation is 3. The largest absolute Gasteiger partial charge is 0.486 e. The topological polar surface area (TPSA) is 38.8 Å². The van der Waals surface area contributed by atoms with Crippen LogP contribution in [0.3, 0.4) is 0 Å². The summed E-state index contributed by atoms with van der Waals surface area (Å²) in [6.07, 6.45) is 10.4. The summed E-state index contributed by atoms with van der Waals surface area (Å²) in [6, 6.07) is 10.6. The van der Waals surface area contributed by atoms with Crippen LogP contribution >= 0.6 is 0 Å². The van der Waals surface area contributed by atoms with Gasteiger partial charge in [0.15, 0.2) is 11.5 Å². The van der Waals surface area contributed by atoms with Crippen molar-refractivity contribution in [3.8, 4) is 11.5 Å². The van der Waals surface area contributed by atoms with Crippen LogP contribution in [0.15, 0.2) is 66.5 Å². The Hall–Kier alpha value is -3.18. The molecule has 1 fully saturated rings. The minimum absolute atomic E-state index is 0.00467. The standard InChI is InChI=1S/C25H32FNO3.C12H18/c1-4-6-19(7-5-2)12-22(26)15-23-13-21(17-27(23)16-18(3)28)20-8-9-24-25(14-20)30-11-10-29-24;1-5-11-7-9(3)8-12(6-2)10(11)4/h4,6,8-9,12,14,21,23H,1,5,7,10-11,13,15-17H2,2-3H3;7-8H,5-6H2,1-4H3/b19-6-,22-12+;/t21-,23-;/m1./s1. The molecule has 5 heteroatoms. The lowest BCUT2D eigenvalue weighted by molar-refractivity contribution is -0.118. The lowest BCUT2D eigenvalue weighted by atomic mass is 9.94. The van der Waals surface area contributed by atoms with Crippen LogP contribution in [0, 0.1) is 13.8 Å². The summed E-state index contributed by atoms with van der Waals surface area (Å²) < 4.78 is 26.2. The molecule has 2 heterocycles. The number of hydrogen-bond acceptors (Lipinski definition) is 4. The quantitative estimate of drug-likeness (QED) is 0.251. The number of nitrogens with zero attached hydrogens (tertiary/aromatic N) is 1. The Balaban J connectivity index is 0.000000337. The molecule has 4 rings (SSSR count). The van der Waals surface area contributed by atoms with E-state index in [1.54, 1.807) is 19.1 Å². The van der Waals surface area contributed by atoms with Gasteiger partial charge in [0.2, 0.25) is 0 Å². The summed E-state index contributed by atoms with van der Waals surface area (Å²) in [5.74, 6) is 1.73. The fourth-order valence-corrected chi connectivity index (χ4v) is 6.11. The smallest absolute Gasteiger partial charge is 0.161 e. The molecule has 1 saturated heterocycles. The minimum Gasteiger partial charge on any atom is -0.486 e. The van der Waals surface area contributed by atoms with Crippen LogP contribution in [0.25, 0.3) is 0 Å². The van der Waals surface area contributed by atoms with Crippen molar-refractivity contribution in [2.75, 3.05) is 26.3 Å². The van der Waals surface area contributed by atoms with Crippen LogP contribution in [0.4, 0.5) is 4.39 Å². The molecule has 2 aliphatic rings. The summed E-state index contributed by atoms with van der Waals surface area (Å²) in [5.41, 5.74) is 8.00. The van der Waals surface area contributed by atoms with Crippen LogP contribution in [-0.2, 0) is 17.6 Å². The molecule has 4 nitrogen and oxygen atoms in total. The van der Waals surface area contributed by atoms with E-state index in [-0.39, 0.29) is 23.6 Å². The van der Waals surface area contributed by atoms with E-state index in [2.05, 4.69) is 64.3 Å². The predicted molar refractivity (Wildman–Crippen MR) is 172 cm³/mol. The highest BCUT2D eigenvalue weighted by Gasteiger charge is 2.34. The summed E-state index contributed by atoms with van der Waals surface area (Å²) in [7, 11) is 0. The maximum absolute atomic E-state index is 14.9. The number of carbonyl (C=O) groups is 1. The Morgan fingerprint density at radius 3 is 2.31 bits per heavy atom. The van der Waals surface area contributed by atoms with Gasteiger partial charge in [0.1, 0.15) is 24.8 Å². The number of hydrogen-bond donors (Lipinski definition) is 0. The van der Waals surface area contributed by atoms with Crippen molar-refractivity contribution < 1.29 is 18.7 Å². The molecule has 2 aromatic rings. The van der Waals surface area contributed by atoms with E-state index in [1.165, 1.54) is 22.3 Å². The van der Waals surface area contributed by atoms with Gasteiger partial charge in [-0.05, 0) is 98.4 Å². The van der Waals surface area contributed by atoms with E-state index in [9.17, 15) is 9.18 Å². The second kappa shape index (κ2) is 16.5. The van der Waals surface area contributed by atoms with Gasteiger partial charge in [0.25, 0.3) is 0 Å². The van der Waals surface area contributed by atoms with Crippen molar-refractivity contribution in [2.45, 2.75) is 92.0 Å². The Morgan fingerprint density at radius 1 is 1.05 bits per heavy atom. The number of rotatable bonds is 11. The fraction of sp³-hybridized carbons (Fsp3) is 0.486. The molecule has 0 amide bonds. The van der Waals surface area contributed by atoms with E-state index in [1.807, 2.05) is 18.2 Å². The summed E-state index contributed by atoms with van der Waals surface area (Å²) in [5, 5.41) is 0.